The van der Waals surface area contributed by atoms with E-state index >= 15 is 0 Å². The fraction of sp³-hybridized carbons (Fsp3) is 0.500. The number of rotatable bonds is 3. The predicted molar refractivity (Wildman–Crippen MR) is 97.0 cm³/mol. The van der Waals surface area contributed by atoms with E-state index in [1.807, 2.05) is 17.9 Å². The Hall–Kier alpha value is -2.17. The molecule has 5 heteroatoms. The van der Waals surface area contributed by atoms with Gasteiger partial charge < -0.3 is 10.2 Å². The summed E-state index contributed by atoms with van der Waals surface area (Å²) in [6.07, 6.45) is 5.37. The maximum atomic E-state index is 13.7. The molecule has 1 aliphatic heterocycles. The van der Waals surface area contributed by atoms with E-state index in [1.54, 1.807) is 6.07 Å². The van der Waals surface area contributed by atoms with Gasteiger partial charge in [0.15, 0.2) is 0 Å². The van der Waals surface area contributed by atoms with Gasteiger partial charge in [0.1, 0.15) is 5.82 Å². The van der Waals surface area contributed by atoms with Gasteiger partial charge >= 0.3 is 0 Å². The van der Waals surface area contributed by atoms with Crippen molar-refractivity contribution in [3.63, 3.8) is 0 Å². The Kier molecular flexibility index (Phi) is 4.32. The topological polar surface area (TPSA) is 45.2 Å². The predicted octanol–water partition coefficient (Wildman–Crippen LogP) is 3.89. The Labute approximate surface area is 147 Å². The van der Waals surface area contributed by atoms with Crippen molar-refractivity contribution < 1.29 is 9.18 Å². The SMILES string of the molecule is Cc1cc(NC2CCN(C(=O)C3CCCC3)C2)c2cc(F)ccc2n1. The second-order valence-corrected chi connectivity index (χ2v) is 7.37. The van der Waals surface area contributed by atoms with Crippen molar-refractivity contribution in [2.24, 2.45) is 5.92 Å². The number of anilines is 1. The minimum atomic E-state index is -0.259. The first kappa shape index (κ1) is 16.3. The van der Waals surface area contributed by atoms with Gasteiger partial charge in [0.2, 0.25) is 5.91 Å². The van der Waals surface area contributed by atoms with Gasteiger partial charge in [-0.15, -0.1) is 0 Å². The fourth-order valence-electron chi connectivity index (χ4n) is 4.18. The first-order valence-electron chi connectivity index (χ1n) is 9.22. The number of likely N-dealkylation sites (tertiary alicyclic amines) is 1. The van der Waals surface area contributed by atoms with Crippen LogP contribution in [0.3, 0.4) is 0 Å². The molecule has 2 aliphatic rings. The number of amides is 1. The standard InChI is InChI=1S/C20H24FN3O/c1-13-10-19(17-11-15(21)6-7-18(17)22-13)23-16-8-9-24(12-16)20(25)14-4-2-3-5-14/h6-7,10-11,14,16H,2-5,8-9,12H2,1H3,(H,22,23). The molecule has 1 atom stereocenters. The van der Waals surface area contributed by atoms with E-state index in [4.69, 9.17) is 0 Å². The molecule has 1 N–H and O–H groups in total. The molecule has 1 aromatic carbocycles. The summed E-state index contributed by atoms with van der Waals surface area (Å²) in [7, 11) is 0. The zero-order valence-corrected chi connectivity index (χ0v) is 14.6. The summed E-state index contributed by atoms with van der Waals surface area (Å²) in [5, 5.41) is 4.32. The van der Waals surface area contributed by atoms with Gasteiger partial charge in [-0.05, 0) is 50.5 Å². The van der Waals surface area contributed by atoms with Crippen LogP contribution >= 0.6 is 0 Å². The number of benzene rings is 1. The minimum Gasteiger partial charge on any atom is -0.380 e. The van der Waals surface area contributed by atoms with Crippen molar-refractivity contribution in [3.8, 4) is 0 Å². The summed E-state index contributed by atoms with van der Waals surface area (Å²) < 4.78 is 13.7. The maximum Gasteiger partial charge on any atom is 0.225 e. The zero-order chi connectivity index (χ0) is 17.4. The van der Waals surface area contributed by atoms with Crippen LogP contribution in [0.4, 0.5) is 10.1 Å². The fourth-order valence-corrected chi connectivity index (χ4v) is 4.18. The van der Waals surface area contributed by atoms with Gasteiger partial charge in [0.25, 0.3) is 0 Å². The summed E-state index contributed by atoms with van der Waals surface area (Å²) in [5.74, 6) is 0.297. The summed E-state index contributed by atoms with van der Waals surface area (Å²) in [6.45, 7) is 3.48. The molecule has 1 saturated carbocycles. The Bertz CT molecular complexity index is 801. The third kappa shape index (κ3) is 3.32. The van der Waals surface area contributed by atoms with Gasteiger partial charge in [0.05, 0.1) is 5.52 Å². The van der Waals surface area contributed by atoms with Gasteiger partial charge in [-0.3, -0.25) is 9.78 Å². The van der Waals surface area contributed by atoms with Crippen LogP contribution in [0.25, 0.3) is 10.9 Å². The van der Waals surface area contributed by atoms with Crippen molar-refractivity contribution in [1.82, 2.24) is 9.88 Å². The van der Waals surface area contributed by atoms with E-state index in [0.29, 0.717) is 5.91 Å². The molecule has 4 nitrogen and oxygen atoms in total. The molecule has 1 unspecified atom stereocenters. The van der Waals surface area contributed by atoms with E-state index < -0.39 is 0 Å². The van der Waals surface area contributed by atoms with Crippen LogP contribution in [0.2, 0.25) is 0 Å². The van der Waals surface area contributed by atoms with Crippen LogP contribution in [-0.2, 0) is 4.79 Å². The Morgan fingerprint density at radius 1 is 1.24 bits per heavy atom. The molecule has 0 bridgehead atoms. The number of carbonyl (C=O) groups is 1. The number of halogens is 1. The highest BCUT2D eigenvalue weighted by Gasteiger charge is 2.32. The van der Waals surface area contributed by atoms with Crippen LogP contribution in [-0.4, -0.2) is 34.9 Å². The van der Waals surface area contributed by atoms with Crippen molar-refractivity contribution in [1.29, 1.82) is 0 Å². The number of aromatic nitrogens is 1. The van der Waals surface area contributed by atoms with E-state index in [0.717, 1.165) is 54.6 Å². The van der Waals surface area contributed by atoms with E-state index in [9.17, 15) is 9.18 Å². The molecular weight excluding hydrogens is 317 g/mol. The average molecular weight is 341 g/mol. The van der Waals surface area contributed by atoms with E-state index in [-0.39, 0.29) is 17.8 Å². The molecule has 2 aromatic rings. The van der Waals surface area contributed by atoms with Crippen LogP contribution < -0.4 is 5.32 Å². The second-order valence-electron chi connectivity index (χ2n) is 7.37. The first-order valence-corrected chi connectivity index (χ1v) is 9.22. The molecular formula is C20H24FN3O. The van der Waals surface area contributed by atoms with Gasteiger partial charge in [0, 0.05) is 41.8 Å². The number of nitrogens with zero attached hydrogens (tertiary/aromatic N) is 2. The molecule has 1 saturated heterocycles. The zero-order valence-electron chi connectivity index (χ0n) is 14.6. The van der Waals surface area contributed by atoms with E-state index in [2.05, 4.69) is 10.3 Å². The number of nitrogens with one attached hydrogen (secondary N) is 1. The third-order valence-electron chi connectivity index (χ3n) is 5.46. The second kappa shape index (κ2) is 6.62. The van der Waals surface area contributed by atoms with Gasteiger partial charge in [-0.1, -0.05) is 12.8 Å². The Morgan fingerprint density at radius 2 is 2.04 bits per heavy atom. The molecule has 0 radical (unpaired) electrons. The Morgan fingerprint density at radius 3 is 2.84 bits per heavy atom. The highest BCUT2D eigenvalue weighted by atomic mass is 19.1. The molecule has 2 fully saturated rings. The number of hydrogen-bond donors (Lipinski definition) is 1. The molecule has 4 rings (SSSR count). The van der Waals surface area contributed by atoms with Crippen LogP contribution in [0.5, 0.6) is 0 Å². The normalized spacial score (nSPS) is 21.2. The summed E-state index contributed by atoms with van der Waals surface area (Å²) in [4.78, 5) is 19.1. The minimum absolute atomic E-state index is 0.207. The number of pyridine rings is 1. The third-order valence-corrected chi connectivity index (χ3v) is 5.46. The number of fused-ring (bicyclic) bond motifs is 1. The lowest BCUT2D eigenvalue weighted by atomic mass is 10.1. The van der Waals surface area contributed by atoms with Crippen molar-refractivity contribution >= 4 is 22.5 Å². The maximum absolute atomic E-state index is 13.7. The summed E-state index contributed by atoms with van der Waals surface area (Å²) >= 11 is 0. The number of carbonyl (C=O) groups excluding carboxylic acids is 1. The lowest BCUT2D eigenvalue weighted by Crippen LogP contribution is -2.35. The lowest BCUT2D eigenvalue weighted by molar-refractivity contribution is -0.134. The molecule has 1 aliphatic carbocycles. The van der Waals surface area contributed by atoms with Gasteiger partial charge in [-0.25, -0.2) is 4.39 Å². The molecule has 25 heavy (non-hydrogen) atoms. The van der Waals surface area contributed by atoms with Crippen molar-refractivity contribution in [2.75, 3.05) is 18.4 Å². The van der Waals surface area contributed by atoms with Gasteiger partial charge in [-0.2, -0.15) is 0 Å². The Balaban J connectivity index is 1.50. The van der Waals surface area contributed by atoms with Crippen LogP contribution in [0.1, 0.15) is 37.8 Å². The van der Waals surface area contributed by atoms with Crippen molar-refractivity contribution in [3.05, 3.63) is 35.8 Å². The quantitative estimate of drug-likeness (QED) is 0.921. The van der Waals surface area contributed by atoms with Crippen molar-refractivity contribution in [2.45, 2.75) is 45.1 Å². The highest BCUT2D eigenvalue weighted by molar-refractivity contribution is 5.91. The number of aryl methyl sites for hydroxylation is 1. The molecule has 0 spiro atoms. The highest BCUT2D eigenvalue weighted by Crippen LogP contribution is 2.29. The number of hydrogen-bond acceptors (Lipinski definition) is 3. The van der Waals surface area contributed by atoms with Crippen LogP contribution in [0.15, 0.2) is 24.3 Å². The average Bonchev–Trinajstić information content (AvgIpc) is 3.26. The molecule has 2 heterocycles. The van der Waals surface area contributed by atoms with Crippen LogP contribution in [0, 0.1) is 18.7 Å². The summed E-state index contributed by atoms with van der Waals surface area (Å²) in [6, 6.07) is 6.85. The smallest absolute Gasteiger partial charge is 0.225 e. The monoisotopic (exact) mass is 341 g/mol. The molecule has 132 valence electrons. The first-order chi connectivity index (χ1) is 12.1. The summed E-state index contributed by atoms with van der Waals surface area (Å²) in [5.41, 5.74) is 2.60. The molecule has 1 amide bonds. The van der Waals surface area contributed by atoms with E-state index in [1.165, 1.54) is 25.0 Å². The largest absolute Gasteiger partial charge is 0.380 e. The lowest BCUT2D eigenvalue weighted by Gasteiger charge is -2.21. The molecule has 1 aromatic heterocycles.